The Labute approximate surface area is 318 Å². The number of nitrogens with one attached hydrogen (secondary N) is 1. The number of rotatable bonds is 15. The molecule has 0 saturated heterocycles. The largest absolute Gasteiger partial charge is 0.489 e. The van der Waals surface area contributed by atoms with Crippen LogP contribution in [-0.2, 0) is 27.4 Å². The van der Waals surface area contributed by atoms with Gasteiger partial charge < -0.3 is 10.1 Å². The highest BCUT2D eigenvalue weighted by atomic mass is 32.2. The molecule has 11 heteroatoms. The highest BCUT2D eigenvalue weighted by Crippen LogP contribution is 2.29. The Hall–Kier alpha value is -6.59. The van der Waals surface area contributed by atoms with Gasteiger partial charge >= 0.3 is 0 Å². The first-order valence-electron chi connectivity index (χ1n) is 17.0. The number of nitro benzene ring substituents is 1. The standard InChI is InChI=1S/C43H38N4O6S/c1-4-7-21-35(6-3)46-42(50)37(27-30-23-24-38(34(25-30)15-5-2)53-28-31-16-14-22-36(26-31)47(51)52)41(49)45-43(46)54-29-39(48)44-40(32-17-10-8-11-18-32)33-19-12-9-13-20-33/h4-14,16-27,40H,1-2,15,28-29H2,3H3,(H,44,48)/b21-7-,35-6+,37-27+. The van der Waals surface area contributed by atoms with Gasteiger partial charge in [-0.3, -0.25) is 29.4 Å². The van der Waals surface area contributed by atoms with Gasteiger partial charge in [0.25, 0.3) is 17.5 Å². The summed E-state index contributed by atoms with van der Waals surface area (Å²) >= 11 is 0.985. The molecule has 4 aromatic rings. The Morgan fingerprint density at radius 1 is 0.981 bits per heavy atom. The molecule has 0 aliphatic carbocycles. The Kier molecular flexibility index (Phi) is 13.4. The molecule has 0 radical (unpaired) electrons. The van der Waals surface area contributed by atoms with Gasteiger partial charge in [0.1, 0.15) is 17.9 Å². The van der Waals surface area contributed by atoms with Gasteiger partial charge in [0.05, 0.1) is 16.7 Å². The Morgan fingerprint density at radius 3 is 2.31 bits per heavy atom. The number of aliphatic imine (C=N–C) groups is 1. The minimum absolute atomic E-state index is 0.0338. The van der Waals surface area contributed by atoms with Crippen LogP contribution >= 0.6 is 11.8 Å². The maximum absolute atomic E-state index is 14.2. The molecule has 0 fully saturated rings. The van der Waals surface area contributed by atoms with Gasteiger partial charge in [0, 0.05) is 17.8 Å². The van der Waals surface area contributed by atoms with E-state index in [0.717, 1.165) is 28.5 Å². The lowest BCUT2D eigenvalue weighted by Gasteiger charge is -2.28. The van der Waals surface area contributed by atoms with Crippen molar-refractivity contribution in [2.75, 3.05) is 5.75 Å². The molecule has 1 aliphatic rings. The van der Waals surface area contributed by atoms with Crippen molar-refractivity contribution in [3.63, 3.8) is 0 Å². The SMILES string of the molecule is C=C/C=C\C(=C/C)N1C(=O)/C(=C/c2ccc(OCc3cccc([N+](=O)[O-])c3)c(CC=C)c2)C(=O)N=C1SCC(=O)NC(c1ccccc1)c1ccccc1. The van der Waals surface area contributed by atoms with Crippen molar-refractivity contribution in [2.45, 2.75) is 26.0 Å². The zero-order chi connectivity index (χ0) is 38.5. The minimum atomic E-state index is -0.745. The summed E-state index contributed by atoms with van der Waals surface area (Å²) in [7, 11) is 0. The van der Waals surface area contributed by atoms with E-state index >= 15 is 0 Å². The van der Waals surface area contributed by atoms with Gasteiger partial charge in [-0.2, -0.15) is 4.99 Å². The van der Waals surface area contributed by atoms with Crippen LogP contribution in [0.15, 0.2) is 163 Å². The first-order chi connectivity index (χ1) is 26.2. The lowest BCUT2D eigenvalue weighted by Crippen LogP contribution is -2.42. The number of nitrogens with zero attached hydrogens (tertiary/aromatic N) is 3. The van der Waals surface area contributed by atoms with E-state index in [0.29, 0.717) is 29.0 Å². The van der Waals surface area contributed by atoms with Crippen LogP contribution in [0.25, 0.3) is 6.08 Å². The smallest absolute Gasteiger partial charge is 0.285 e. The topological polar surface area (TPSA) is 131 Å². The maximum Gasteiger partial charge on any atom is 0.285 e. The van der Waals surface area contributed by atoms with Gasteiger partial charge in [0.15, 0.2) is 5.17 Å². The van der Waals surface area contributed by atoms with E-state index in [2.05, 4.69) is 23.5 Å². The fourth-order valence-electron chi connectivity index (χ4n) is 5.63. The molecular formula is C43H38N4O6S. The van der Waals surface area contributed by atoms with Gasteiger partial charge in [-0.05, 0) is 65.4 Å². The number of amides is 3. The lowest BCUT2D eigenvalue weighted by atomic mass is 9.99. The van der Waals surface area contributed by atoms with Crippen LogP contribution in [0.4, 0.5) is 5.69 Å². The molecule has 0 aromatic heterocycles. The molecule has 0 saturated carbocycles. The number of nitro groups is 1. The molecule has 0 spiro atoms. The summed E-state index contributed by atoms with van der Waals surface area (Å²) in [6, 6.07) is 30.2. The van der Waals surface area contributed by atoms with E-state index in [4.69, 9.17) is 4.74 Å². The van der Waals surface area contributed by atoms with Crippen LogP contribution in [0.3, 0.4) is 0 Å². The number of non-ortho nitro benzene ring substituents is 1. The molecule has 4 aromatic carbocycles. The number of allylic oxidation sites excluding steroid dienone is 5. The van der Waals surface area contributed by atoms with Crippen molar-refractivity contribution in [3.05, 3.63) is 196 Å². The van der Waals surface area contributed by atoms with Crippen LogP contribution in [0.1, 0.15) is 40.8 Å². The molecule has 0 atom stereocenters. The molecule has 272 valence electrons. The molecule has 5 rings (SSSR count). The third-order valence-electron chi connectivity index (χ3n) is 8.19. The Morgan fingerprint density at radius 2 is 1.69 bits per heavy atom. The van der Waals surface area contributed by atoms with Crippen LogP contribution in [0, 0.1) is 10.1 Å². The summed E-state index contributed by atoms with van der Waals surface area (Å²) in [5.74, 6) is -1.26. The fourth-order valence-corrected chi connectivity index (χ4v) is 6.43. The highest BCUT2D eigenvalue weighted by molar-refractivity contribution is 8.14. The van der Waals surface area contributed by atoms with E-state index in [-0.39, 0.29) is 34.7 Å². The lowest BCUT2D eigenvalue weighted by molar-refractivity contribution is -0.384. The molecule has 10 nitrogen and oxygen atoms in total. The predicted octanol–water partition coefficient (Wildman–Crippen LogP) is 8.30. The first kappa shape index (κ1) is 38.6. The van der Waals surface area contributed by atoms with Crippen molar-refractivity contribution < 1.29 is 24.0 Å². The predicted molar refractivity (Wildman–Crippen MR) is 213 cm³/mol. The van der Waals surface area contributed by atoms with E-state index in [1.807, 2.05) is 60.7 Å². The van der Waals surface area contributed by atoms with Crippen molar-refractivity contribution in [3.8, 4) is 5.75 Å². The van der Waals surface area contributed by atoms with Crippen LogP contribution < -0.4 is 10.1 Å². The number of hydrogen-bond donors (Lipinski definition) is 1. The summed E-state index contributed by atoms with van der Waals surface area (Å²) in [4.78, 5) is 57.5. The average Bonchev–Trinajstić information content (AvgIpc) is 3.19. The van der Waals surface area contributed by atoms with Gasteiger partial charge in [-0.25, -0.2) is 0 Å². The average molecular weight is 739 g/mol. The normalized spacial score (nSPS) is 14.0. The minimum Gasteiger partial charge on any atom is -0.489 e. The number of ether oxygens (including phenoxy) is 1. The zero-order valence-electron chi connectivity index (χ0n) is 29.6. The molecule has 54 heavy (non-hydrogen) atoms. The Balaban J connectivity index is 1.40. The number of benzene rings is 4. The van der Waals surface area contributed by atoms with E-state index in [9.17, 15) is 24.5 Å². The molecule has 0 bridgehead atoms. The second kappa shape index (κ2) is 18.8. The number of thioether (sulfide) groups is 1. The summed E-state index contributed by atoms with van der Waals surface area (Å²) in [5.41, 5.74) is 3.95. The van der Waals surface area contributed by atoms with Crippen LogP contribution in [0.5, 0.6) is 5.75 Å². The Bertz CT molecular complexity index is 2140. The van der Waals surface area contributed by atoms with Gasteiger partial charge in [-0.1, -0.05) is 122 Å². The quantitative estimate of drug-likeness (QED) is 0.0324. The summed E-state index contributed by atoms with van der Waals surface area (Å²) in [6.45, 7) is 9.41. The van der Waals surface area contributed by atoms with Crippen LogP contribution in [-0.4, -0.2) is 38.5 Å². The molecule has 1 aliphatic heterocycles. The van der Waals surface area contributed by atoms with Crippen LogP contribution in [0.2, 0.25) is 0 Å². The van der Waals surface area contributed by atoms with Gasteiger partial charge in [0.2, 0.25) is 5.91 Å². The number of hydrogen-bond acceptors (Lipinski definition) is 7. The third kappa shape index (κ3) is 9.84. The monoisotopic (exact) mass is 738 g/mol. The van der Waals surface area contributed by atoms with E-state index < -0.39 is 22.8 Å². The van der Waals surface area contributed by atoms with Crippen molar-refractivity contribution in [1.29, 1.82) is 0 Å². The van der Waals surface area contributed by atoms with E-state index in [1.165, 1.54) is 23.1 Å². The highest BCUT2D eigenvalue weighted by Gasteiger charge is 2.35. The number of carbonyl (C=O) groups is 3. The molecule has 1 N–H and O–H groups in total. The number of amidine groups is 1. The second-order valence-corrected chi connectivity index (χ2v) is 12.8. The van der Waals surface area contributed by atoms with Crippen molar-refractivity contribution in [2.24, 2.45) is 4.99 Å². The summed E-state index contributed by atoms with van der Waals surface area (Å²) in [6.07, 6.45) is 10.2. The first-order valence-corrected chi connectivity index (χ1v) is 18.0. The zero-order valence-corrected chi connectivity index (χ0v) is 30.4. The molecule has 1 heterocycles. The van der Waals surface area contributed by atoms with Crippen molar-refractivity contribution in [1.82, 2.24) is 10.2 Å². The van der Waals surface area contributed by atoms with E-state index in [1.54, 1.807) is 67.6 Å². The number of carbonyl (C=O) groups excluding carboxylic acids is 3. The third-order valence-corrected chi connectivity index (χ3v) is 9.13. The molecule has 3 amide bonds. The molecular weight excluding hydrogens is 701 g/mol. The van der Waals surface area contributed by atoms with Crippen molar-refractivity contribution >= 4 is 46.4 Å². The second-order valence-electron chi connectivity index (χ2n) is 11.9. The fraction of sp³-hybridized carbons (Fsp3) is 0.116. The summed E-state index contributed by atoms with van der Waals surface area (Å²) in [5, 5.41) is 14.4. The molecule has 0 unspecified atom stereocenters. The van der Waals surface area contributed by atoms with Gasteiger partial charge in [-0.15, -0.1) is 6.58 Å². The maximum atomic E-state index is 14.2. The summed E-state index contributed by atoms with van der Waals surface area (Å²) < 4.78 is 6.02.